The fourth-order valence-electron chi connectivity index (χ4n) is 5.77. The number of ketones is 2. The topological polar surface area (TPSA) is 138 Å². The van der Waals surface area contributed by atoms with Crippen molar-refractivity contribution in [3.8, 4) is 5.75 Å². The largest absolute Gasteiger partial charge is 0.511 e. The highest BCUT2D eigenvalue weighted by atomic mass is 16.3. The molecule has 2 saturated carbocycles. The number of phenolic OH excluding ortho intramolecular Hbond substituents is 1. The van der Waals surface area contributed by atoms with Crippen molar-refractivity contribution < 1.29 is 29.7 Å². The van der Waals surface area contributed by atoms with E-state index in [0.29, 0.717) is 24.3 Å². The van der Waals surface area contributed by atoms with Crippen molar-refractivity contribution in [3.05, 3.63) is 45.7 Å². The van der Waals surface area contributed by atoms with Gasteiger partial charge in [-0.25, -0.2) is 0 Å². The second-order valence-corrected chi connectivity index (χ2v) is 8.91. The molecule has 4 aliphatic carbocycles. The molecule has 1 aromatic carbocycles. The molecule has 5 rings (SSSR count). The molecule has 5 N–H and O–H groups in total. The Balaban J connectivity index is 1.65. The molecule has 1 aromatic rings. The van der Waals surface area contributed by atoms with Gasteiger partial charge in [-0.1, -0.05) is 12.5 Å². The zero-order valence-electron chi connectivity index (χ0n) is 16.4. The highest BCUT2D eigenvalue weighted by molar-refractivity contribution is 6.21. The summed E-state index contributed by atoms with van der Waals surface area (Å²) in [5.41, 5.74) is 7.15. The third-order valence-electron chi connectivity index (χ3n) is 7.35. The quantitative estimate of drug-likeness (QED) is 0.554. The van der Waals surface area contributed by atoms with Crippen molar-refractivity contribution >= 4 is 23.2 Å². The number of carbonyl (C=O) groups is 3. The molecule has 3 unspecified atom stereocenters. The molecule has 0 heterocycles. The van der Waals surface area contributed by atoms with Crippen LogP contribution in [0.25, 0.3) is 5.76 Å². The Morgan fingerprint density at radius 1 is 1.03 bits per heavy atom. The number of hydrogen-bond acceptors (Lipinski definition) is 6. The van der Waals surface area contributed by atoms with Crippen molar-refractivity contribution in [3.63, 3.8) is 0 Å². The Labute approximate surface area is 172 Å². The summed E-state index contributed by atoms with van der Waals surface area (Å²) < 4.78 is 0. The average molecular weight is 409 g/mol. The van der Waals surface area contributed by atoms with E-state index in [1.807, 2.05) is 6.07 Å². The summed E-state index contributed by atoms with van der Waals surface area (Å²) in [4.78, 5) is 37.3. The summed E-state index contributed by atoms with van der Waals surface area (Å²) >= 11 is 0. The normalized spacial score (nSPS) is 28.6. The van der Waals surface area contributed by atoms with Crippen LogP contribution in [0.3, 0.4) is 0 Å². The van der Waals surface area contributed by atoms with Crippen molar-refractivity contribution in [2.75, 3.05) is 0 Å². The number of amides is 1. The Morgan fingerprint density at radius 2 is 1.77 bits per heavy atom. The SMILES string of the molecule is NC(=O)C1=C(O)C2C(=O)C3=C(O)c4c(O)ccc(C5CCC5)c4CC3CC2CC1=O. The molecule has 1 amide bonds. The van der Waals surface area contributed by atoms with Gasteiger partial charge in [-0.05, 0) is 60.6 Å². The van der Waals surface area contributed by atoms with E-state index in [1.165, 1.54) is 0 Å². The predicted octanol–water partition coefficient (Wildman–Crippen LogP) is 2.58. The predicted molar refractivity (Wildman–Crippen MR) is 107 cm³/mol. The number of aromatic hydroxyl groups is 1. The van der Waals surface area contributed by atoms with Crippen LogP contribution in [0.1, 0.15) is 54.7 Å². The smallest absolute Gasteiger partial charge is 0.255 e. The molecule has 30 heavy (non-hydrogen) atoms. The summed E-state index contributed by atoms with van der Waals surface area (Å²) in [6.07, 6.45) is 4.15. The molecule has 0 aromatic heterocycles. The van der Waals surface area contributed by atoms with E-state index < -0.39 is 40.6 Å². The summed E-state index contributed by atoms with van der Waals surface area (Å²) in [5.74, 6) is -4.46. The van der Waals surface area contributed by atoms with Crippen molar-refractivity contribution in [2.45, 2.75) is 44.4 Å². The standard InChI is InChI=1S/C23H23NO6/c24-23(30)19-15(26)8-11-6-10-7-13-12(9-2-1-3-9)4-5-14(25)18(13)21(28)16(10)20(27)17(11)22(19)29/h4-5,9-11,17,25,28-29H,1-3,6-8H2,(H2,24,30). The van der Waals surface area contributed by atoms with E-state index in [4.69, 9.17) is 5.73 Å². The second-order valence-electron chi connectivity index (χ2n) is 8.91. The second kappa shape index (κ2) is 6.45. The molecule has 0 saturated heterocycles. The Morgan fingerprint density at radius 3 is 2.40 bits per heavy atom. The highest BCUT2D eigenvalue weighted by Gasteiger charge is 2.51. The molecule has 3 atom stereocenters. The Bertz CT molecular complexity index is 1080. The van der Waals surface area contributed by atoms with Crippen molar-refractivity contribution in [2.24, 2.45) is 23.5 Å². The van der Waals surface area contributed by atoms with E-state index >= 15 is 0 Å². The van der Waals surface area contributed by atoms with Crippen LogP contribution in [0.2, 0.25) is 0 Å². The van der Waals surface area contributed by atoms with Gasteiger partial charge in [-0.15, -0.1) is 0 Å². The average Bonchev–Trinajstić information content (AvgIpc) is 2.61. The number of fused-ring (bicyclic) bond motifs is 3. The highest BCUT2D eigenvalue weighted by Crippen LogP contribution is 2.52. The molecule has 0 radical (unpaired) electrons. The number of benzene rings is 1. The molecular weight excluding hydrogens is 386 g/mol. The number of primary amides is 1. The lowest BCUT2D eigenvalue weighted by Gasteiger charge is -2.42. The van der Waals surface area contributed by atoms with Crippen LogP contribution in [0.5, 0.6) is 5.75 Å². The first-order valence-corrected chi connectivity index (χ1v) is 10.4. The van der Waals surface area contributed by atoms with Crippen LogP contribution < -0.4 is 5.73 Å². The number of allylic oxidation sites excluding steroid dienone is 2. The van der Waals surface area contributed by atoms with Gasteiger partial charge in [0.05, 0.1) is 11.5 Å². The summed E-state index contributed by atoms with van der Waals surface area (Å²) in [7, 11) is 0. The number of hydrogen-bond donors (Lipinski definition) is 4. The van der Waals surface area contributed by atoms with Crippen molar-refractivity contribution in [1.29, 1.82) is 0 Å². The van der Waals surface area contributed by atoms with E-state index in [0.717, 1.165) is 30.4 Å². The minimum Gasteiger partial charge on any atom is -0.511 e. The van der Waals surface area contributed by atoms with Gasteiger partial charge < -0.3 is 21.1 Å². The summed E-state index contributed by atoms with van der Waals surface area (Å²) in [6, 6.07) is 3.46. The summed E-state index contributed by atoms with van der Waals surface area (Å²) in [6.45, 7) is 0. The first-order valence-electron chi connectivity index (χ1n) is 10.4. The zero-order chi connectivity index (χ0) is 21.3. The fraction of sp³-hybridized carbons (Fsp3) is 0.435. The maximum absolute atomic E-state index is 13.3. The van der Waals surface area contributed by atoms with Crippen LogP contribution in [0.4, 0.5) is 0 Å². The molecule has 4 aliphatic rings. The summed E-state index contributed by atoms with van der Waals surface area (Å²) in [5, 5.41) is 32.1. The maximum Gasteiger partial charge on any atom is 0.255 e. The number of rotatable bonds is 2. The van der Waals surface area contributed by atoms with Crippen molar-refractivity contribution in [1.82, 2.24) is 0 Å². The number of Topliss-reactive ketones (excluding diaryl/α,β-unsaturated/α-hetero) is 2. The molecule has 156 valence electrons. The van der Waals surface area contributed by atoms with Gasteiger partial charge in [-0.2, -0.15) is 0 Å². The Kier molecular flexibility index (Phi) is 4.07. The number of phenols is 1. The lowest BCUT2D eigenvalue weighted by atomic mass is 9.61. The molecule has 0 spiro atoms. The van der Waals surface area contributed by atoms with Crippen LogP contribution >= 0.6 is 0 Å². The van der Waals surface area contributed by atoms with Gasteiger partial charge in [0.2, 0.25) is 0 Å². The molecule has 7 heteroatoms. The number of aliphatic hydroxyl groups is 2. The molecule has 2 fully saturated rings. The van der Waals surface area contributed by atoms with Gasteiger partial charge >= 0.3 is 0 Å². The van der Waals surface area contributed by atoms with Gasteiger partial charge in [0, 0.05) is 12.0 Å². The zero-order valence-corrected chi connectivity index (χ0v) is 16.4. The van der Waals surface area contributed by atoms with Crippen LogP contribution in [-0.4, -0.2) is 32.8 Å². The van der Waals surface area contributed by atoms with Gasteiger partial charge in [0.15, 0.2) is 11.6 Å². The van der Waals surface area contributed by atoms with Gasteiger partial charge in [-0.3, -0.25) is 14.4 Å². The molecule has 0 bridgehead atoms. The molecule has 0 aliphatic heterocycles. The van der Waals surface area contributed by atoms with E-state index in [-0.39, 0.29) is 29.4 Å². The van der Waals surface area contributed by atoms with Crippen LogP contribution in [0, 0.1) is 17.8 Å². The third kappa shape index (κ3) is 2.47. The number of carbonyl (C=O) groups excluding carboxylic acids is 3. The van der Waals surface area contributed by atoms with E-state index in [2.05, 4.69) is 0 Å². The first-order chi connectivity index (χ1) is 14.3. The number of nitrogens with two attached hydrogens (primary N) is 1. The third-order valence-corrected chi connectivity index (χ3v) is 7.35. The van der Waals surface area contributed by atoms with E-state index in [9.17, 15) is 29.7 Å². The minimum atomic E-state index is -1.07. The fourth-order valence-corrected chi connectivity index (χ4v) is 5.77. The van der Waals surface area contributed by atoms with Gasteiger partial charge in [0.1, 0.15) is 22.8 Å². The monoisotopic (exact) mass is 409 g/mol. The Hall–Kier alpha value is -3.09. The molecular formula is C23H23NO6. The molecule has 7 nitrogen and oxygen atoms in total. The minimum absolute atomic E-state index is 0.0361. The lowest BCUT2D eigenvalue weighted by Crippen LogP contribution is -2.44. The van der Waals surface area contributed by atoms with Crippen LogP contribution in [0.15, 0.2) is 29.0 Å². The number of aliphatic hydroxyl groups excluding tert-OH is 2. The lowest BCUT2D eigenvalue weighted by molar-refractivity contribution is -0.127. The van der Waals surface area contributed by atoms with E-state index in [1.54, 1.807) is 6.07 Å². The van der Waals surface area contributed by atoms with Crippen LogP contribution in [-0.2, 0) is 20.8 Å². The van der Waals surface area contributed by atoms with Gasteiger partial charge in [0.25, 0.3) is 5.91 Å². The maximum atomic E-state index is 13.3. The first kappa shape index (κ1) is 18.9.